The molecule has 0 saturated carbocycles. The number of likely N-dealkylation sites (tertiary alicyclic amines) is 1. The molecule has 0 atom stereocenters. The Morgan fingerprint density at radius 1 is 1.39 bits per heavy atom. The van der Waals surface area contributed by atoms with Crippen molar-refractivity contribution in [3.63, 3.8) is 0 Å². The molecule has 1 fully saturated rings. The summed E-state index contributed by atoms with van der Waals surface area (Å²) in [6.07, 6.45) is 4.79. The molecule has 4 nitrogen and oxygen atoms in total. The molecule has 0 bridgehead atoms. The minimum Gasteiger partial charge on any atom is -0.375 e. The van der Waals surface area contributed by atoms with Crippen LogP contribution in [-0.4, -0.2) is 34.6 Å². The van der Waals surface area contributed by atoms with E-state index in [1.54, 1.807) is 11.8 Å². The Morgan fingerprint density at radius 2 is 2.06 bits per heavy atom. The average Bonchev–Trinajstić information content (AvgIpc) is 2.59. The molecule has 0 aromatic carbocycles. The van der Waals surface area contributed by atoms with Crippen LogP contribution in [0, 0.1) is 6.92 Å². The maximum absolute atomic E-state index is 12.1. The molecule has 0 spiro atoms. The van der Waals surface area contributed by atoms with Gasteiger partial charge in [0.15, 0.2) is 5.13 Å². The van der Waals surface area contributed by atoms with Gasteiger partial charge in [0.25, 0.3) is 0 Å². The second-order valence-corrected chi connectivity index (χ2v) is 6.78. The van der Waals surface area contributed by atoms with Crippen LogP contribution in [0.4, 0.5) is 5.13 Å². The number of nitrogens with two attached hydrogens (primary N) is 1. The maximum Gasteiger partial charge on any atom is 0.232 e. The lowest BCUT2D eigenvalue weighted by atomic mass is 10.2. The predicted octanol–water partition coefficient (Wildman–Crippen LogP) is 2.53. The lowest BCUT2D eigenvalue weighted by molar-refractivity contribution is -0.128. The van der Waals surface area contributed by atoms with Crippen molar-refractivity contribution < 1.29 is 4.79 Å². The molecule has 2 N–H and O–H groups in total. The number of carbonyl (C=O) groups is 1. The van der Waals surface area contributed by atoms with Crippen LogP contribution in [0.2, 0.25) is 0 Å². The van der Waals surface area contributed by atoms with E-state index in [0.29, 0.717) is 10.9 Å². The van der Waals surface area contributed by atoms with Crippen LogP contribution in [-0.2, 0) is 4.79 Å². The summed E-state index contributed by atoms with van der Waals surface area (Å²) in [5, 5.41) is 0.581. The van der Waals surface area contributed by atoms with Crippen molar-refractivity contribution in [3.8, 4) is 0 Å². The van der Waals surface area contributed by atoms with Crippen LogP contribution in [0.5, 0.6) is 0 Å². The van der Waals surface area contributed by atoms with Crippen LogP contribution in [0.25, 0.3) is 0 Å². The molecule has 1 amide bonds. The number of hydrogen-bond acceptors (Lipinski definition) is 5. The molecule has 2 heterocycles. The third-order valence-corrected chi connectivity index (χ3v) is 5.39. The van der Waals surface area contributed by atoms with Gasteiger partial charge < -0.3 is 10.6 Å². The Bertz CT molecular complexity index is 411. The van der Waals surface area contributed by atoms with Crippen molar-refractivity contribution in [2.24, 2.45) is 0 Å². The van der Waals surface area contributed by atoms with E-state index in [0.717, 1.165) is 35.8 Å². The third kappa shape index (κ3) is 3.62. The third-order valence-electron chi connectivity index (χ3n) is 3.06. The first-order valence-corrected chi connectivity index (χ1v) is 8.10. The number of thiazole rings is 1. The zero-order valence-electron chi connectivity index (χ0n) is 10.6. The summed E-state index contributed by atoms with van der Waals surface area (Å²) >= 11 is 3.03. The average molecular weight is 285 g/mol. The predicted molar refractivity (Wildman–Crippen MR) is 77.0 cm³/mol. The summed E-state index contributed by atoms with van der Waals surface area (Å²) in [4.78, 5) is 18.3. The summed E-state index contributed by atoms with van der Waals surface area (Å²) in [7, 11) is 0. The molecule has 6 heteroatoms. The van der Waals surface area contributed by atoms with Crippen molar-refractivity contribution in [2.75, 3.05) is 24.6 Å². The van der Waals surface area contributed by atoms with E-state index in [1.165, 1.54) is 24.2 Å². The number of nitrogen functional groups attached to an aromatic ring is 1. The molecule has 100 valence electrons. The molecule has 1 aliphatic heterocycles. The number of carbonyl (C=O) groups excluding carboxylic acids is 1. The summed E-state index contributed by atoms with van der Waals surface area (Å²) in [6.45, 7) is 3.78. The van der Waals surface area contributed by atoms with Gasteiger partial charge in [-0.2, -0.15) is 0 Å². The minimum atomic E-state index is 0.244. The number of aromatic nitrogens is 1. The number of thioether (sulfide) groups is 1. The number of rotatable bonds is 3. The van der Waals surface area contributed by atoms with Gasteiger partial charge in [-0.3, -0.25) is 4.79 Å². The van der Waals surface area contributed by atoms with Crippen LogP contribution in [0.3, 0.4) is 0 Å². The number of aryl methyl sites for hydroxylation is 1. The molecule has 0 unspecified atom stereocenters. The quantitative estimate of drug-likeness (QED) is 0.867. The van der Waals surface area contributed by atoms with Crippen molar-refractivity contribution in [3.05, 3.63) is 5.69 Å². The highest BCUT2D eigenvalue weighted by Crippen LogP contribution is 2.30. The van der Waals surface area contributed by atoms with E-state index in [1.807, 2.05) is 11.8 Å². The molecule has 18 heavy (non-hydrogen) atoms. The van der Waals surface area contributed by atoms with Crippen LogP contribution >= 0.6 is 23.1 Å². The van der Waals surface area contributed by atoms with E-state index in [2.05, 4.69) is 4.98 Å². The number of anilines is 1. The molecular weight excluding hydrogens is 266 g/mol. The van der Waals surface area contributed by atoms with Gasteiger partial charge in [0.05, 0.1) is 15.7 Å². The van der Waals surface area contributed by atoms with Crippen LogP contribution in [0.15, 0.2) is 4.21 Å². The van der Waals surface area contributed by atoms with Gasteiger partial charge in [-0.15, -0.1) is 11.8 Å². The molecular formula is C12H19N3OS2. The fraction of sp³-hybridized carbons (Fsp3) is 0.667. The molecule has 2 rings (SSSR count). The van der Waals surface area contributed by atoms with Gasteiger partial charge in [-0.05, 0) is 19.8 Å². The molecule has 1 saturated heterocycles. The highest BCUT2D eigenvalue weighted by molar-refractivity contribution is 8.01. The topological polar surface area (TPSA) is 59.2 Å². The maximum atomic E-state index is 12.1. The monoisotopic (exact) mass is 285 g/mol. The molecule has 1 aliphatic rings. The highest BCUT2D eigenvalue weighted by Gasteiger charge is 2.16. The smallest absolute Gasteiger partial charge is 0.232 e. The van der Waals surface area contributed by atoms with Crippen molar-refractivity contribution in [1.29, 1.82) is 0 Å². The Kier molecular flexibility index (Phi) is 4.88. The Balaban J connectivity index is 1.85. The van der Waals surface area contributed by atoms with Crippen LogP contribution < -0.4 is 5.73 Å². The first-order chi connectivity index (χ1) is 8.66. The first-order valence-electron chi connectivity index (χ1n) is 6.30. The Labute approximate surface area is 116 Å². The standard InChI is InChI=1S/C12H19N3OS2/c1-9-11(18-12(13)14-9)17-8-10(16)15-6-4-2-3-5-7-15/h2-8H2,1H3,(H2,13,14). The normalized spacial score (nSPS) is 16.6. The van der Waals surface area contributed by atoms with Gasteiger partial charge in [0.1, 0.15) is 0 Å². The molecule has 1 aromatic heterocycles. The highest BCUT2D eigenvalue weighted by atomic mass is 32.2. The summed E-state index contributed by atoms with van der Waals surface area (Å²) in [5.41, 5.74) is 6.58. The lowest BCUT2D eigenvalue weighted by Gasteiger charge is -2.19. The van der Waals surface area contributed by atoms with Gasteiger partial charge in [0.2, 0.25) is 5.91 Å². The summed E-state index contributed by atoms with van der Waals surface area (Å²) in [6, 6.07) is 0. The van der Waals surface area contributed by atoms with Gasteiger partial charge in [-0.1, -0.05) is 24.2 Å². The van der Waals surface area contributed by atoms with Crippen molar-refractivity contribution in [2.45, 2.75) is 36.8 Å². The fourth-order valence-corrected chi connectivity index (χ4v) is 4.00. The van der Waals surface area contributed by atoms with E-state index in [-0.39, 0.29) is 5.91 Å². The number of hydrogen-bond donors (Lipinski definition) is 1. The van der Waals surface area contributed by atoms with E-state index in [4.69, 9.17) is 5.73 Å². The lowest BCUT2D eigenvalue weighted by Crippen LogP contribution is -2.33. The van der Waals surface area contributed by atoms with Gasteiger partial charge in [0, 0.05) is 13.1 Å². The zero-order chi connectivity index (χ0) is 13.0. The second kappa shape index (κ2) is 6.43. The zero-order valence-corrected chi connectivity index (χ0v) is 12.3. The fourth-order valence-electron chi connectivity index (χ4n) is 2.08. The molecule has 0 radical (unpaired) electrons. The van der Waals surface area contributed by atoms with E-state index in [9.17, 15) is 4.79 Å². The summed E-state index contributed by atoms with van der Waals surface area (Å²) in [5.74, 6) is 0.746. The number of amides is 1. The molecule has 0 aliphatic carbocycles. The van der Waals surface area contributed by atoms with E-state index < -0.39 is 0 Å². The SMILES string of the molecule is Cc1nc(N)sc1SCC(=O)N1CCCCCC1. The Hall–Kier alpha value is -0.750. The summed E-state index contributed by atoms with van der Waals surface area (Å²) < 4.78 is 1.07. The van der Waals surface area contributed by atoms with Crippen molar-refractivity contribution >= 4 is 34.1 Å². The Morgan fingerprint density at radius 3 is 2.61 bits per heavy atom. The van der Waals surface area contributed by atoms with E-state index >= 15 is 0 Å². The first kappa shape index (κ1) is 13.7. The van der Waals surface area contributed by atoms with Crippen molar-refractivity contribution in [1.82, 2.24) is 9.88 Å². The van der Waals surface area contributed by atoms with Gasteiger partial charge >= 0.3 is 0 Å². The minimum absolute atomic E-state index is 0.244. The number of nitrogens with zero attached hydrogens (tertiary/aromatic N) is 2. The van der Waals surface area contributed by atoms with Crippen LogP contribution in [0.1, 0.15) is 31.4 Å². The largest absolute Gasteiger partial charge is 0.375 e. The van der Waals surface area contributed by atoms with Gasteiger partial charge in [-0.25, -0.2) is 4.98 Å². The second-order valence-electron chi connectivity index (χ2n) is 4.51. The molecule has 1 aromatic rings.